The van der Waals surface area contributed by atoms with Crippen LogP contribution in [0.5, 0.6) is 11.5 Å². The van der Waals surface area contributed by atoms with Gasteiger partial charge in [-0.1, -0.05) is 12.1 Å². The summed E-state index contributed by atoms with van der Waals surface area (Å²) >= 11 is 0. The van der Waals surface area contributed by atoms with Crippen molar-refractivity contribution in [1.82, 2.24) is 0 Å². The van der Waals surface area contributed by atoms with Gasteiger partial charge >= 0.3 is 5.97 Å². The third-order valence-corrected chi connectivity index (χ3v) is 2.35. The Morgan fingerprint density at radius 2 is 2.11 bits per heavy atom. The summed E-state index contributed by atoms with van der Waals surface area (Å²) in [5, 5.41) is 8.98. The number of benzene rings is 1. The molecule has 19 heavy (non-hydrogen) atoms. The average Bonchev–Trinajstić information content (AvgIpc) is 2.44. The quantitative estimate of drug-likeness (QED) is 0.461. The summed E-state index contributed by atoms with van der Waals surface area (Å²) in [6.07, 6.45) is 1.42. The van der Waals surface area contributed by atoms with E-state index in [4.69, 9.17) is 19.5 Å². The first-order valence-corrected chi connectivity index (χ1v) is 5.67. The highest BCUT2D eigenvalue weighted by atomic mass is 16.5. The number of para-hydroxylation sites is 1. The van der Waals surface area contributed by atoms with Crippen LogP contribution in [0.15, 0.2) is 23.8 Å². The minimum absolute atomic E-state index is 0.0894. The lowest BCUT2D eigenvalue weighted by Gasteiger charge is -2.10. The molecule has 0 aliphatic carbocycles. The predicted molar refractivity (Wildman–Crippen MR) is 69.8 cm³/mol. The molecule has 0 spiro atoms. The summed E-state index contributed by atoms with van der Waals surface area (Å²) in [4.78, 5) is 11.5. The van der Waals surface area contributed by atoms with E-state index in [0.717, 1.165) is 0 Å². The molecule has 0 bridgehead atoms. The van der Waals surface area contributed by atoms with E-state index >= 15 is 0 Å². The average molecular weight is 261 g/mol. The van der Waals surface area contributed by atoms with Gasteiger partial charge in [-0.2, -0.15) is 5.26 Å². The summed E-state index contributed by atoms with van der Waals surface area (Å²) in [6, 6.07) is 7.01. The molecule has 0 atom stereocenters. The lowest BCUT2D eigenvalue weighted by molar-refractivity contribution is -0.137. The van der Waals surface area contributed by atoms with Crippen LogP contribution < -0.4 is 9.47 Å². The van der Waals surface area contributed by atoms with Crippen molar-refractivity contribution in [2.45, 2.75) is 6.92 Å². The number of carbonyl (C=O) groups is 1. The second-order valence-electron chi connectivity index (χ2n) is 3.47. The van der Waals surface area contributed by atoms with Crippen molar-refractivity contribution in [2.75, 3.05) is 20.8 Å². The van der Waals surface area contributed by atoms with E-state index in [9.17, 15) is 4.79 Å². The normalized spacial score (nSPS) is 10.5. The number of hydrogen-bond donors (Lipinski definition) is 0. The van der Waals surface area contributed by atoms with Crippen LogP contribution in [0.25, 0.3) is 6.08 Å². The Morgan fingerprint density at radius 1 is 1.37 bits per heavy atom. The van der Waals surface area contributed by atoms with Crippen LogP contribution in [0.2, 0.25) is 0 Å². The highest BCUT2D eigenvalue weighted by molar-refractivity contribution is 5.98. The van der Waals surface area contributed by atoms with Gasteiger partial charge < -0.3 is 14.2 Å². The van der Waals surface area contributed by atoms with E-state index < -0.39 is 5.97 Å². The number of esters is 1. The molecule has 0 aliphatic heterocycles. The molecule has 0 unspecified atom stereocenters. The summed E-state index contributed by atoms with van der Waals surface area (Å²) in [5.41, 5.74) is 0.486. The van der Waals surface area contributed by atoms with Crippen LogP contribution in [0.3, 0.4) is 0 Å². The van der Waals surface area contributed by atoms with E-state index in [0.29, 0.717) is 17.1 Å². The maximum absolute atomic E-state index is 11.5. The van der Waals surface area contributed by atoms with E-state index in [1.54, 1.807) is 25.1 Å². The molecule has 0 heterocycles. The van der Waals surface area contributed by atoms with Crippen molar-refractivity contribution < 1.29 is 19.0 Å². The molecule has 5 nitrogen and oxygen atoms in total. The number of rotatable bonds is 5. The van der Waals surface area contributed by atoms with Gasteiger partial charge in [0.1, 0.15) is 11.6 Å². The highest BCUT2D eigenvalue weighted by Crippen LogP contribution is 2.32. The largest absolute Gasteiger partial charge is 0.493 e. The zero-order chi connectivity index (χ0) is 14.3. The minimum Gasteiger partial charge on any atom is -0.493 e. The van der Waals surface area contributed by atoms with E-state index in [2.05, 4.69) is 0 Å². The van der Waals surface area contributed by atoms with Crippen LogP contribution in [-0.4, -0.2) is 26.8 Å². The van der Waals surface area contributed by atoms with Crippen molar-refractivity contribution in [3.8, 4) is 17.6 Å². The Morgan fingerprint density at radius 3 is 2.63 bits per heavy atom. The molecular weight excluding hydrogens is 246 g/mol. The van der Waals surface area contributed by atoms with Gasteiger partial charge in [0, 0.05) is 5.56 Å². The maximum atomic E-state index is 11.5. The summed E-state index contributed by atoms with van der Waals surface area (Å²) in [6.45, 7) is 1.89. The van der Waals surface area contributed by atoms with Crippen LogP contribution in [-0.2, 0) is 9.53 Å². The molecule has 1 aromatic rings. The van der Waals surface area contributed by atoms with Gasteiger partial charge in [0.25, 0.3) is 0 Å². The van der Waals surface area contributed by atoms with Crippen LogP contribution in [0, 0.1) is 11.3 Å². The third kappa shape index (κ3) is 3.49. The van der Waals surface area contributed by atoms with Crippen molar-refractivity contribution in [2.24, 2.45) is 0 Å². The monoisotopic (exact) mass is 261 g/mol. The van der Waals surface area contributed by atoms with E-state index in [1.807, 2.05) is 6.07 Å². The summed E-state index contributed by atoms with van der Waals surface area (Å²) in [5.74, 6) is 0.328. The fourth-order valence-corrected chi connectivity index (χ4v) is 1.53. The fourth-order valence-electron chi connectivity index (χ4n) is 1.53. The maximum Gasteiger partial charge on any atom is 0.348 e. The molecule has 0 saturated carbocycles. The molecule has 0 saturated heterocycles. The number of hydrogen-bond acceptors (Lipinski definition) is 5. The van der Waals surface area contributed by atoms with Crippen molar-refractivity contribution >= 4 is 12.0 Å². The Hall–Kier alpha value is -2.48. The SMILES string of the molecule is CCOC(=O)/C(C#N)=C\c1cccc(OC)c1OC. The lowest BCUT2D eigenvalue weighted by atomic mass is 10.1. The zero-order valence-electron chi connectivity index (χ0n) is 11.1. The van der Waals surface area contributed by atoms with Crippen molar-refractivity contribution in [3.05, 3.63) is 29.3 Å². The Bertz CT molecular complexity index is 529. The molecule has 1 aromatic carbocycles. The number of nitrogens with zero attached hydrogens (tertiary/aromatic N) is 1. The van der Waals surface area contributed by atoms with E-state index in [1.165, 1.54) is 20.3 Å². The molecule has 0 aliphatic rings. The number of nitriles is 1. The standard InChI is InChI=1S/C14H15NO4/c1-4-19-14(16)11(9-15)8-10-6-5-7-12(17-2)13(10)18-3/h5-8H,4H2,1-3H3/b11-8-. The lowest BCUT2D eigenvalue weighted by Crippen LogP contribution is -2.06. The summed E-state index contributed by atoms with van der Waals surface area (Å²) in [7, 11) is 3.01. The Labute approximate surface area is 112 Å². The molecule has 0 amide bonds. The summed E-state index contributed by atoms with van der Waals surface area (Å²) < 4.78 is 15.2. The fraction of sp³-hybridized carbons (Fsp3) is 0.286. The molecule has 0 fully saturated rings. The number of ether oxygens (including phenoxy) is 3. The topological polar surface area (TPSA) is 68.6 Å². The number of methoxy groups -OCH3 is 2. The third-order valence-electron chi connectivity index (χ3n) is 2.35. The van der Waals surface area contributed by atoms with Gasteiger partial charge in [-0.25, -0.2) is 4.79 Å². The molecule has 100 valence electrons. The minimum atomic E-state index is -0.658. The molecule has 0 aromatic heterocycles. The Kier molecular flexibility index (Phi) is 5.42. The smallest absolute Gasteiger partial charge is 0.348 e. The highest BCUT2D eigenvalue weighted by Gasteiger charge is 2.13. The first-order chi connectivity index (χ1) is 9.17. The zero-order valence-corrected chi connectivity index (χ0v) is 11.1. The number of carbonyl (C=O) groups excluding carboxylic acids is 1. The first kappa shape index (κ1) is 14.6. The second-order valence-corrected chi connectivity index (χ2v) is 3.47. The molecule has 0 N–H and O–H groups in total. The molecule has 0 radical (unpaired) electrons. The van der Waals surface area contributed by atoms with Crippen LogP contribution >= 0.6 is 0 Å². The van der Waals surface area contributed by atoms with Gasteiger partial charge in [0.2, 0.25) is 0 Å². The molecule has 1 rings (SSSR count). The van der Waals surface area contributed by atoms with Crippen molar-refractivity contribution in [3.63, 3.8) is 0 Å². The van der Waals surface area contributed by atoms with E-state index in [-0.39, 0.29) is 12.2 Å². The second kappa shape index (κ2) is 7.07. The van der Waals surface area contributed by atoms with Crippen LogP contribution in [0.1, 0.15) is 12.5 Å². The Balaban J connectivity index is 3.22. The van der Waals surface area contributed by atoms with Gasteiger partial charge in [-0.3, -0.25) is 0 Å². The molecule has 5 heteroatoms. The van der Waals surface area contributed by atoms with Gasteiger partial charge in [-0.05, 0) is 19.1 Å². The van der Waals surface area contributed by atoms with Crippen LogP contribution in [0.4, 0.5) is 0 Å². The van der Waals surface area contributed by atoms with Gasteiger partial charge in [-0.15, -0.1) is 0 Å². The first-order valence-electron chi connectivity index (χ1n) is 5.67. The van der Waals surface area contributed by atoms with Crippen molar-refractivity contribution in [1.29, 1.82) is 5.26 Å². The molecular formula is C14H15NO4. The predicted octanol–water partition coefficient (Wildman–Crippen LogP) is 2.17. The van der Waals surface area contributed by atoms with Gasteiger partial charge in [0.05, 0.1) is 20.8 Å². The van der Waals surface area contributed by atoms with Gasteiger partial charge in [0.15, 0.2) is 11.5 Å².